The van der Waals surface area contributed by atoms with Crippen molar-refractivity contribution in [3.05, 3.63) is 54.7 Å². The largest absolute Gasteiger partial charge is 0.506 e. The molecule has 0 heterocycles. The van der Waals surface area contributed by atoms with E-state index in [1.54, 1.807) is 18.2 Å². The molecule has 0 atom stereocenters. The first-order chi connectivity index (χ1) is 10.3. The summed E-state index contributed by atoms with van der Waals surface area (Å²) in [5, 5.41) is 13.6. The lowest BCUT2D eigenvalue weighted by Gasteiger charge is -2.05. The Hall–Kier alpha value is -0.880. The molecule has 8 heteroatoms. The SMILES string of the molecule is Cc1ccc(S(=O)(=O)NN=Cc2cc(I)cc(I)c2O)cc1. The average Bonchev–Trinajstić information content (AvgIpc) is 2.44. The van der Waals surface area contributed by atoms with Crippen LogP contribution in [-0.4, -0.2) is 19.7 Å². The van der Waals surface area contributed by atoms with Crippen molar-refractivity contribution in [3.63, 3.8) is 0 Å². The van der Waals surface area contributed by atoms with E-state index in [0.29, 0.717) is 9.13 Å². The Kier molecular flexibility index (Phi) is 5.66. The maximum Gasteiger partial charge on any atom is 0.276 e. The van der Waals surface area contributed by atoms with E-state index in [2.05, 4.69) is 32.5 Å². The summed E-state index contributed by atoms with van der Waals surface area (Å²) < 4.78 is 25.7. The van der Waals surface area contributed by atoms with Gasteiger partial charge in [-0.2, -0.15) is 13.5 Å². The van der Waals surface area contributed by atoms with Crippen molar-refractivity contribution in [1.29, 1.82) is 0 Å². The highest BCUT2D eigenvalue weighted by Crippen LogP contribution is 2.25. The molecule has 0 saturated carbocycles. The summed E-state index contributed by atoms with van der Waals surface area (Å²) in [5.74, 6) is 0.0688. The van der Waals surface area contributed by atoms with Crippen LogP contribution < -0.4 is 4.83 Å². The number of hydrogen-bond acceptors (Lipinski definition) is 4. The van der Waals surface area contributed by atoms with Crippen molar-refractivity contribution in [3.8, 4) is 5.75 Å². The van der Waals surface area contributed by atoms with Crippen LogP contribution in [0.3, 0.4) is 0 Å². The van der Waals surface area contributed by atoms with Gasteiger partial charge in [0.15, 0.2) is 0 Å². The second kappa shape index (κ2) is 7.13. The van der Waals surface area contributed by atoms with Crippen molar-refractivity contribution in [2.45, 2.75) is 11.8 Å². The maximum atomic E-state index is 12.1. The number of nitrogens with zero attached hydrogens (tertiary/aromatic N) is 1. The summed E-state index contributed by atoms with van der Waals surface area (Å²) in [6.45, 7) is 1.88. The van der Waals surface area contributed by atoms with Gasteiger partial charge in [0.1, 0.15) is 5.75 Å². The van der Waals surface area contributed by atoms with Crippen LogP contribution in [0.25, 0.3) is 0 Å². The van der Waals surface area contributed by atoms with Crippen LogP contribution >= 0.6 is 45.2 Å². The van der Waals surface area contributed by atoms with Gasteiger partial charge in [0.25, 0.3) is 10.0 Å². The van der Waals surface area contributed by atoms with Crippen LogP contribution in [0.2, 0.25) is 0 Å². The lowest BCUT2D eigenvalue weighted by Crippen LogP contribution is -2.18. The number of rotatable bonds is 4. The van der Waals surface area contributed by atoms with E-state index in [4.69, 9.17) is 0 Å². The van der Waals surface area contributed by atoms with E-state index in [1.165, 1.54) is 18.3 Å². The molecule has 2 rings (SSSR count). The molecule has 0 amide bonds. The predicted octanol–water partition coefficient (Wildman–Crippen LogP) is 3.22. The van der Waals surface area contributed by atoms with Crippen LogP contribution in [0.1, 0.15) is 11.1 Å². The summed E-state index contributed by atoms with van der Waals surface area (Å²) in [6, 6.07) is 9.97. The zero-order chi connectivity index (χ0) is 16.3. The lowest BCUT2D eigenvalue weighted by molar-refractivity contribution is 0.470. The third-order valence-corrected chi connectivity index (χ3v) is 5.45. The summed E-state index contributed by atoms with van der Waals surface area (Å²) in [6.07, 6.45) is 1.28. The van der Waals surface area contributed by atoms with E-state index in [1.807, 2.05) is 35.6 Å². The summed E-state index contributed by atoms with van der Waals surface area (Å²) in [5.41, 5.74) is 1.42. The summed E-state index contributed by atoms with van der Waals surface area (Å²) in [7, 11) is -3.71. The fraction of sp³-hybridized carbons (Fsp3) is 0.0714. The first kappa shape index (κ1) is 17.5. The molecule has 0 unspecified atom stereocenters. The molecule has 0 aromatic heterocycles. The molecule has 2 N–H and O–H groups in total. The van der Waals surface area contributed by atoms with Gasteiger partial charge in [0, 0.05) is 9.13 Å². The topological polar surface area (TPSA) is 78.8 Å². The van der Waals surface area contributed by atoms with Gasteiger partial charge in [0.2, 0.25) is 0 Å². The number of halogens is 2. The fourth-order valence-electron chi connectivity index (χ4n) is 1.62. The van der Waals surface area contributed by atoms with E-state index in [9.17, 15) is 13.5 Å². The normalized spacial score (nSPS) is 11.8. The lowest BCUT2D eigenvalue weighted by atomic mass is 10.2. The molecule has 0 fully saturated rings. The first-order valence-corrected chi connectivity index (χ1v) is 9.73. The second-order valence-corrected chi connectivity index (χ2v) is 8.56. The van der Waals surface area contributed by atoms with E-state index in [-0.39, 0.29) is 10.6 Å². The molecule has 2 aromatic carbocycles. The Morgan fingerprint density at radius 2 is 1.82 bits per heavy atom. The zero-order valence-electron chi connectivity index (χ0n) is 11.4. The Morgan fingerprint density at radius 1 is 1.18 bits per heavy atom. The minimum Gasteiger partial charge on any atom is -0.506 e. The molecule has 22 heavy (non-hydrogen) atoms. The predicted molar refractivity (Wildman–Crippen MR) is 103 cm³/mol. The molecule has 5 nitrogen and oxygen atoms in total. The van der Waals surface area contributed by atoms with Crippen LogP contribution in [0.15, 0.2) is 46.4 Å². The quantitative estimate of drug-likeness (QED) is 0.354. The van der Waals surface area contributed by atoms with Crippen LogP contribution in [0, 0.1) is 14.1 Å². The van der Waals surface area contributed by atoms with E-state index >= 15 is 0 Å². The second-order valence-electron chi connectivity index (χ2n) is 4.49. The van der Waals surface area contributed by atoms with Crippen LogP contribution in [-0.2, 0) is 10.0 Å². The van der Waals surface area contributed by atoms with Crippen LogP contribution in [0.4, 0.5) is 0 Å². The van der Waals surface area contributed by atoms with Crippen molar-refractivity contribution >= 4 is 61.4 Å². The highest BCUT2D eigenvalue weighted by atomic mass is 127. The molecule has 0 aliphatic carbocycles. The van der Waals surface area contributed by atoms with Crippen molar-refractivity contribution in [2.24, 2.45) is 5.10 Å². The molecule has 116 valence electrons. The van der Waals surface area contributed by atoms with E-state index < -0.39 is 10.0 Å². The Balaban J connectivity index is 2.20. The fourth-order valence-corrected chi connectivity index (χ4v) is 4.30. The first-order valence-electron chi connectivity index (χ1n) is 6.09. The molecule has 0 saturated heterocycles. The summed E-state index contributed by atoms with van der Waals surface area (Å²) in [4.78, 5) is 2.27. The molecular formula is C14H12I2N2O3S. The summed E-state index contributed by atoms with van der Waals surface area (Å²) >= 11 is 4.11. The Bertz CT molecular complexity index is 819. The van der Waals surface area contributed by atoms with Gasteiger partial charge >= 0.3 is 0 Å². The molecular weight excluding hydrogens is 530 g/mol. The minimum atomic E-state index is -3.71. The maximum absolute atomic E-state index is 12.1. The Morgan fingerprint density at radius 3 is 2.45 bits per heavy atom. The molecule has 0 aliphatic heterocycles. The van der Waals surface area contributed by atoms with Gasteiger partial charge < -0.3 is 5.11 Å². The minimum absolute atomic E-state index is 0.0688. The monoisotopic (exact) mass is 542 g/mol. The smallest absolute Gasteiger partial charge is 0.276 e. The highest BCUT2D eigenvalue weighted by Gasteiger charge is 2.12. The number of aromatic hydroxyl groups is 1. The van der Waals surface area contributed by atoms with Gasteiger partial charge in [-0.05, 0) is 76.4 Å². The molecule has 0 bridgehead atoms. The van der Waals surface area contributed by atoms with Crippen LogP contribution in [0.5, 0.6) is 5.75 Å². The standard InChI is InChI=1S/C14H12I2N2O3S/c1-9-2-4-12(5-3-9)22(20,21)18-17-8-10-6-11(15)7-13(16)14(10)19/h2-8,18-19H,1H3. The molecule has 0 spiro atoms. The highest BCUT2D eigenvalue weighted by molar-refractivity contribution is 14.1. The number of benzene rings is 2. The van der Waals surface area contributed by atoms with E-state index in [0.717, 1.165) is 9.13 Å². The molecule has 0 radical (unpaired) electrons. The zero-order valence-corrected chi connectivity index (χ0v) is 16.5. The third kappa shape index (κ3) is 4.32. The van der Waals surface area contributed by atoms with Gasteiger partial charge in [-0.1, -0.05) is 17.7 Å². The number of hydrogen-bond donors (Lipinski definition) is 2. The van der Waals surface area contributed by atoms with Crippen molar-refractivity contribution in [2.75, 3.05) is 0 Å². The third-order valence-electron chi connectivity index (χ3n) is 2.77. The number of phenolic OH excluding ortho intramolecular Hbond substituents is 1. The molecule has 2 aromatic rings. The van der Waals surface area contributed by atoms with Crippen molar-refractivity contribution in [1.82, 2.24) is 4.83 Å². The van der Waals surface area contributed by atoms with Crippen molar-refractivity contribution < 1.29 is 13.5 Å². The number of hydrazone groups is 1. The number of nitrogens with one attached hydrogen (secondary N) is 1. The van der Waals surface area contributed by atoms with Gasteiger partial charge in [-0.25, -0.2) is 4.83 Å². The number of phenols is 1. The molecule has 0 aliphatic rings. The Labute approximate surface area is 156 Å². The van der Waals surface area contributed by atoms with Gasteiger partial charge in [-0.3, -0.25) is 0 Å². The van der Waals surface area contributed by atoms with Gasteiger partial charge in [0.05, 0.1) is 14.7 Å². The number of sulfonamides is 1. The van der Waals surface area contributed by atoms with Gasteiger partial charge in [-0.15, -0.1) is 0 Å². The number of aryl methyl sites for hydroxylation is 1. The average molecular weight is 542 g/mol.